The van der Waals surface area contributed by atoms with Crippen LogP contribution in [0.15, 0.2) is 30.3 Å². The lowest BCUT2D eigenvalue weighted by Gasteiger charge is -2.01. The maximum atomic E-state index is 9.95. The fraction of sp³-hybridized carbons (Fsp3) is 0.200. The number of pyridine rings is 1. The number of aryl methyl sites for hydroxylation is 1. The van der Waals surface area contributed by atoms with Crippen LogP contribution in [0.2, 0.25) is 0 Å². The third kappa shape index (κ3) is 2.18. The quantitative estimate of drug-likeness (QED) is 0.766. The lowest BCUT2D eigenvalue weighted by molar-refractivity contribution is 0.328. The van der Waals surface area contributed by atoms with Gasteiger partial charge in [0.25, 0.3) is 0 Å². The largest absolute Gasteiger partial charge is 0.507 e. The van der Waals surface area contributed by atoms with Crippen molar-refractivity contribution >= 4 is 11.2 Å². The summed E-state index contributed by atoms with van der Waals surface area (Å²) in [4.78, 5) is 11.9. The zero-order chi connectivity index (χ0) is 14.1. The highest BCUT2D eigenvalue weighted by atomic mass is 16.5. The van der Waals surface area contributed by atoms with Crippen LogP contribution in [-0.4, -0.2) is 26.7 Å². The minimum atomic E-state index is 0.194. The summed E-state index contributed by atoms with van der Waals surface area (Å²) in [5.74, 6) is 1.34. The Kier molecular flexibility index (Phi) is 3.02. The van der Waals surface area contributed by atoms with Crippen molar-refractivity contribution in [1.29, 1.82) is 0 Å². The molecule has 0 radical (unpaired) electrons. The topological polar surface area (TPSA) is 71.0 Å². The molecule has 0 bridgehead atoms. The van der Waals surface area contributed by atoms with Crippen molar-refractivity contribution in [3.63, 3.8) is 0 Å². The van der Waals surface area contributed by atoms with Gasteiger partial charge in [0, 0.05) is 6.07 Å². The molecule has 3 aromatic rings. The van der Waals surface area contributed by atoms with E-state index in [9.17, 15) is 5.11 Å². The number of H-pyrrole nitrogens is 1. The molecule has 1 aromatic carbocycles. The molecule has 0 aliphatic carbocycles. The van der Waals surface area contributed by atoms with Gasteiger partial charge in [-0.05, 0) is 32.0 Å². The van der Waals surface area contributed by atoms with E-state index >= 15 is 0 Å². The van der Waals surface area contributed by atoms with Crippen molar-refractivity contribution in [2.45, 2.75) is 13.8 Å². The molecule has 0 amide bonds. The van der Waals surface area contributed by atoms with Crippen LogP contribution < -0.4 is 4.74 Å². The third-order valence-corrected chi connectivity index (χ3v) is 3.02. The molecule has 2 aromatic heterocycles. The normalized spacial score (nSPS) is 10.9. The molecule has 0 saturated carbocycles. The van der Waals surface area contributed by atoms with Crippen LogP contribution in [0.5, 0.6) is 11.6 Å². The predicted octanol–water partition coefficient (Wildman–Crippen LogP) is 3.04. The van der Waals surface area contributed by atoms with Crippen LogP contribution in [0.25, 0.3) is 22.6 Å². The van der Waals surface area contributed by atoms with Crippen molar-refractivity contribution in [2.24, 2.45) is 0 Å². The Morgan fingerprint density at radius 1 is 1.20 bits per heavy atom. The molecule has 0 unspecified atom stereocenters. The number of rotatable bonds is 3. The first-order valence-electron chi connectivity index (χ1n) is 6.47. The van der Waals surface area contributed by atoms with Gasteiger partial charge >= 0.3 is 0 Å². The molecule has 5 nitrogen and oxygen atoms in total. The van der Waals surface area contributed by atoms with Crippen LogP contribution in [0.1, 0.15) is 12.5 Å². The van der Waals surface area contributed by atoms with E-state index in [1.54, 1.807) is 12.1 Å². The highest BCUT2D eigenvalue weighted by Gasteiger charge is 2.11. The van der Waals surface area contributed by atoms with Crippen LogP contribution >= 0.6 is 0 Å². The number of nitrogens with one attached hydrogen (secondary N) is 1. The Balaban J connectivity index is 2.10. The van der Waals surface area contributed by atoms with Crippen molar-refractivity contribution in [3.05, 3.63) is 35.9 Å². The van der Waals surface area contributed by atoms with Gasteiger partial charge in [0.15, 0.2) is 5.65 Å². The number of nitrogens with zero attached hydrogens (tertiary/aromatic N) is 2. The molecule has 102 valence electrons. The van der Waals surface area contributed by atoms with E-state index < -0.39 is 0 Å². The van der Waals surface area contributed by atoms with Crippen molar-refractivity contribution in [1.82, 2.24) is 15.0 Å². The first-order valence-corrected chi connectivity index (χ1v) is 6.47. The number of aromatic nitrogens is 3. The highest BCUT2D eigenvalue weighted by molar-refractivity contribution is 5.78. The summed E-state index contributed by atoms with van der Waals surface area (Å²) in [6, 6.07) is 9.07. The Morgan fingerprint density at radius 3 is 2.85 bits per heavy atom. The van der Waals surface area contributed by atoms with Gasteiger partial charge in [0.2, 0.25) is 5.88 Å². The smallest absolute Gasteiger partial charge is 0.215 e. The number of imidazole rings is 1. The third-order valence-electron chi connectivity index (χ3n) is 3.02. The van der Waals surface area contributed by atoms with E-state index in [1.165, 1.54) is 0 Å². The number of fused-ring (bicyclic) bond motifs is 1. The molecule has 0 atom stereocenters. The molecule has 5 heteroatoms. The number of phenolic OH excluding ortho intramolecular Hbond substituents is 1. The Morgan fingerprint density at radius 2 is 2.05 bits per heavy atom. The van der Waals surface area contributed by atoms with E-state index in [0.717, 1.165) is 11.1 Å². The maximum absolute atomic E-state index is 9.95. The highest BCUT2D eigenvalue weighted by Crippen LogP contribution is 2.29. The van der Waals surface area contributed by atoms with Gasteiger partial charge in [-0.3, -0.25) is 0 Å². The first kappa shape index (κ1) is 12.5. The van der Waals surface area contributed by atoms with Crippen LogP contribution in [0, 0.1) is 6.92 Å². The number of aromatic amines is 1. The number of hydrogen-bond donors (Lipinski definition) is 2. The standard InChI is InChI=1S/C15H15N3O2/c1-3-20-13-7-5-11-15(17-13)18-14(16-11)10-8-9(2)4-6-12(10)19/h4-8,19H,3H2,1-2H3,(H,16,17,18). The first-order chi connectivity index (χ1) is 9.67. The predicted molar refractivity (Wildman–Crippen MR) is 76.9 cm³/mol. The van der Waals surface area contributed by atoms with Gasteiger partial charge in [-0.15, -0.1) is 0 Å². The van der Waals surface area contributed by atoms with E-state index in [2.05, 4.69) is 15.0 Å². The Hall–Kier alpha value is -2.56. The zero-order valence-electron chi connectivity index (χ0n) is 11.3. The lowest BCUT2D eigenvalue weighted by Crippen LogP contribution is -1.93. The minimum Gasteiger partial charge on any atom is -0.507 e. The van der Waals surface area contributed by atoms with Gasteiger partial charge in [0.05, 0.1) is 17.7 Å². The molecule has 2 N–H and O–H groups in total. The molecule has 2 heterocycles. The summed E-state index contributed by atoms with van der Waals surface area (Å²) in [6.07, 6.45) is 0. The monoisotopic (exact) mass is 269 g/mol. The Bertz CT molecular complexity index is 765. The van der Waals surface area contributed by atoms with Gasteiger partial charge < -0.3 is 14.8 Å². The van der Waals surface area contributed by atoms with Gasteiger partial charge in [-0.2, -0.15) is 4.98 Å². The van der Waals surface area contributed by atoms with Gasteiger partial charge in [0.1, 0.15) is 11.6 Å². The van der Waals surface area contributed by atoms with Crippen molar-refractivity contribution < 1.29 is 9.84 Å². The molecule has 20 heavy (non-hydrogen) atoms. The SMILES string of the molecule is CCOc1ccc2[nH]c(-c3cc(C)ccc3O)nc2n1. The molecular formula is C15H15N3O2. The fourth-order valence-corrected chi connectivity index (χ4v) is 2.07. The van der Waals surface area contributed by atoms with Gasteiger partial charge in [-0.1, -0.05) is 11.6 Å². The molecule has 0 aliphatic rings. The van der Waals surface area contributed by atoms with Gasteiger partial charge in [-0.25, -0.2) is 4.98 Å². The van der Waals surface area contributed by atoms with E-state index in [4.69, 9.17) is 4.74 Å². The molecule has 0 spiro atoms. The van der Waals surface area contributed by atoms with Crippen molar-refractivity contribution in [2.75, 3.05) is 6.61 Å². The lowest BCUT2D eigenvalue weighted by atomic mass is 10.1. The molecular weight excluding hydrogens is 254 g/mol. The second kappa shape index (κ2) is 4.85. The molecule has 3 rings (SSSR count). The zero-order valence-corrected chi connectivity index (χ0v) is 11.3. The minimum absolute atomic E-state index is 0.194. The second-order valence-electron chi connectivity index (χ2n) is 4.56. The summed E-state index contributed by atoms with van der Waals surface area (Å²) in [7, 11) is 0. The maximum Gasteiger partial charge on any atom is 0.215 e. The summed E-state index contributed by atoms with van der Waals surface area (Å²) >= 11 is 0. The number of ether oxygens (including phenoxy) is 1. The molecule has 0 saturated heterocycles. The average molecular weight is 269 g/mol. The number of phenols is 1. The number of aromatic hydroxyl groups is 1. The summed E-state index contributed by atoms with van der Waals surface area (Å²) in [5.41, 5.74) is 3.11. The summed E-state index contributed by atoms with van der Waals surface area (Å²) < 4.78 is 5.36. The summed E-state index contributed by atoms with van der Waals surface area (Å²) in [6.45, 7) is 4.44. The number of benzene rings is 1. The average Bonchev–Trinajstić information content (AvgIpc) is 2.85. The second-order valence-corrected chi connectivity index (χ2v) is 4.56. The van der Waals surface area contributed by atoms with Crippen molar-refractivity contribution in [3.8, 4) is 23.0 Å². The fourth-order valence-electron chi connectivity index (χ4n) is 2.07. The van der Waals surface area contributed by atoms with E-state index in [0.29, 0.717) is 29.5 Å². The van der Waals surface area contributed by atoms with Crippen LogP contribution in [0.4, 0.5) is 0 Å². The van der Waals surface area contributed by atoms with E-state index in [1.807, 2.05) is 32.0 Å². The molecule has 0 fully saturated rings. The number of hydrogen-bond acceptors (Lipinski definition) is 4. The molecule has 0 aliphatic heterocycles. The Labute approximate surface area is 116 Å². The van der Waals surface area contributed by atoms with Crippen LogP contribution in [-0.2, 0) is 0 Å². The summed E-state index contributed by atoms with van der Waals surface area (Å²) in [5, 5.41) is 9.95. The van der Waals surface area contributed by atoms with Crippen LogP contribution in [0.3, 0.4) is 0 Å². The van der Waals surface area contributed by atoms with E-state index in [-0.39, 0.29) is 5.75 Å².